The van der Waals surface area contributed by atoms with Gasteiger partial charge in [-0.15, -0.1) is 12.4 Å². The van der Waals surface area contributed by atoms with Crippen molar-refractivity contribution in [2.45, 2.75) is 13.0 Å². The third-order valence-electron chi connectivity index (χ3n) is 3.00. The first-order chi connectivity index (χ1) is 9.06. The second-order valence-electron chi connectivity index (χ2n) is 4.60. The second-order valence-corrected chi connectivity index (χ2v) is 5.45. The molecule has 7 heteroatoms. The fraction of sp³-hybridized carbons (Fsp3) is 0.462. The molecule has 1 aliphatic rings. The molecule has 1 heterocycles. The molecule has 1 atom stereocenters. The van der Waals surface area contributed by atoms with Crippen LogP contribution in [0.15, 0.2) is 18.2 Å². The Balaban J connectivity index is 0.00000200. The predicted molar refractivity (Wildman–Crippen MR) is 83.2 cm³/mol. The van der Waals surface area contributed by atoms with Gasteiger partial charge in [-0.2, -0.15) is 0 Å². The van der Waals surface area contributed by atoms with Crippen LogP contribution in [0, 0.1) is 5.92 Å². The molecule has 20 heavy (non-hydrogen) atoms. The Morgan fingerprint density at radius 1 is 1.50 bits per heavy atom. The number of ether oxygens (including phenoxy) is 1. The van der Waals surface area contributed by atoms with Gasteiger partial charge < -0.3 is 15.4 Å². The van der Waals surface area contributed by atoms with E-state index in [-0.39, 0.29) is 18.3 Å². The fourth-order valence-corrected chi connectivity index (χ4v) is 2.15. The summed E-state index contributed by atoms with van der Waals surface area (Å²) in [4.78, 5) is 11.8. The Labute approximate surface area is 134 Å². The molecule has 1 unspecified atom stereocenters. The second kappa shape index (κ2) is 7.93. The topological polar surface area (TPSA) is 50.4 Å². The summed E-state index contributed by atoms with van der Waals surface area (Å²) < 4.78 is 5.53. The Morgan fingerprint density at radius 3 is 2.75 bits per heavy atom. The number of nitrogens with one attached hydrogen (secondary N) is 2. The number of halogens is 3. The molecular weight excluding hydrogens is 323 g/mol. The third kappa shape index (κ3) is 4.70. The van der Waals surface area contributed by atoms with E-state index in [0.29, 0.717) is 28.3 Å². The summed E-state index contributed by atoms with van der Waals surface area (Å²) in [6.07, 6.45) is -0.591. The molecule has 0 radical (unpaired) electrons. The molecular formula is C13H17Cl3N2O2. The van der Waals surface area contributed by atoms with Crippen molar-refractivity contribution in [3.05, 3.63) is 28.2 Å². The molecule has 0 aromatic heterocycles. The highest BCUT2D eigenvalue weighted by atomic mass is 35.5. The van der Waals surface area contributed by atoms with E-state index in [0.717, 1.165) is 13.1 Å². The summed E-state index contributed by atoms with van der Waals surface area (Å²) >= 11 is 11.8. The van der Waals surface area contributed by atoms with Gasteiger partial charge in [0.15, 0.2) is 6.10 Å². The van der Waals surface area contributed by atoms with Gasteiger partial charge in [0.2, 0.25) is 0 Å². The van der Waals surface area contributed by atoms with Crippen LogP contribution in [0.1, 0.15) is 6.92 Å². The first kappa shape index (κ1) is 17.4. The average molecular weight is 340 g/mol. The maximum Gasteiger partial charge on any atom is 0.260 e. The summed E-state index contributed by atoms with van der Waals surface area (Å²) in [7, 11) is 0. The van der Waals surface area contributed by atoms with Gasteiger partial charge in [-0.05, 0) is 25.1 Å². The number of rotatable bonds is 5. The van der Waals surface area contributed by atoms with Crippen LogP contribution in [0.25, 0.3) is 0 Å². The first-order valence-electron chi connectivity index (χ1n) is 6.16. The van der Waals surface area contributed by atoms with Crippen molar-refractivity contribution < 1.29 is 9.53 Å². The molecule has 2 N–H and O–H groups in total. The minimum absolute atomic E-state index is 0. The number of carbonyl (C=O) groups is 1. The van der Waals surface area contributed by atoms with Crippen LogP contribution < -0.4 is 15.4 Å². The number of amides is 1. The normalized spacial score (nSPS) is 15.8. The van der Waals surface area contributed by atoms with E-state index in [1.807, 2.05) is 0 Å². The van der Waals surface area contributed by atoms with Crippen molar-refractivity contribution in [2.75, 3.05) is 19.6 Å². The van der Waals surface area contributed by atoms with E-state index in [9.17, 15) is 4.79 Å². The van der Waals surface area contributed by atoms with Crippen molar-refractivity contribution in [3.63, 3.8) is 0 Å². The molecule has 1 aromatic carbocycles. The highest BCUT2D eigenvalue weighted by Crippen LogP contribution is 2.28. The molecule has 1 aliphatic heterocycles. The number of benzene rings is 1. The molecule has 1 aromatic rings. The van der Waals surface area contributed by atoms with Crippen LogP contribution in [0.4, 0.5) is 0 Å². The van der Waals surface area contributed by atoms with Gasteiger partial charge in [-0.1, -0.05) is 23.2 Å². The van der Waals surface area contributed by atoms with Gasteiger partial charge in [0, 0.05) is 30.6 Å². The molecule has 1 fully saturated rings. The monoisotopic (exact) mass is 338 g/mol. The van der Waals surface area contributed by atoms with Gasteiger partial charge in [-0.25, -0.2) is 0 Å². The minimum Gasteiger partial charge on any atom is -0.479 e. The van der Waals surface area contributed by atoms with Crippen molar-refractivity contribution in [1.29, 1.82) is 0 Å². The Hall–Kier alpha value is -0.680. The average Bonchev–Trinajstić information content (AvgIpc) is 2.30. The van der Waals surface area contributed by atoms with Crippen LogP contribution in [0.3, 0.4) is 0 Å². The highest BCUT2D eigenvalue weighted by molar-refractivity contribution is 6.35. The van der Waals surface area contributed by atoms with Crippen LogP contribution in [0.5, 0.6) is 5.75 Å². The Kier molecular flexibility index (Phi) is 6.89. The van der Waals surface area contributed by atoms with Crippen molar-refractivity contribution in [1.82, 2.24) is 10.6 Å². The standard InChI is InChI=1S/C13H16Cl2N2O2.ClH/c1-8(13(18)17-7-9-5-16-6-9)19-12-3-2-10(14)4-11(12)15;/h2-4,8-9,16H,5-7H2,1H3,(H,17,18);1H. The van der Waals surface area contributed by atoms with E-state index < -0.39 is 6.10 Å². The lowest BCUT2D eigenvalue weighted by Crippen LogP contribution is -2.49. The number of hydrogen-bond acceptors (Lipinski definition) is 3. The molecule has 1 saturated heterocycles. The molecule has 0 aliphatic carbocycles. The molecule has 0 spiro atoms. The van der Waals surface area contributed by atoms with Crippen molar-refractivity contribution >= 4 is 41.5 Å². The molecule has 0 saturated carbocycles. The van der Waals surface area contributed by atoms with Crippen LogP contribution >= 0.6 is 35.6 Å². The Morgan fingerprint density at radius 2 is 2.20 bits per heavy atom. The first-order valence-corrected chi connectivity index (χ1v) is 6.92. The van der Waals surface area contributed by atoms with Crippen molar-refractivity contribution in [2.24, 2.45) is 5.92 Å². The minimum atomic E-state index is -0.591. The molecule has 0 bridgehead atoms. The van der Waals surface area contributed by atoms with Crippen LogP contribution in [0.2, 0.25) is 10.0 Å². The summed E-state index contributed by atoms with van der Waals surface area (Å²) in [5, 5.41) is 6.95. The Bertz CT molecular complexity index is 467. The van der Waals surface area contributed by atoms with Gasteiger partial charge >= 0.3 is 0 Å². The lowest BCUT2D eigenvalue weighted by molar-refractivity contribution is -0.127. The molecule has 4 nitrogen and oxygen atoms in total. The zero-order valence-electron chi connectivity index (χ0n) is 11.0. The van der Waals surface area contributed by atoms with Gasteiger partial charge in [0.1, 0.15) is 5.75 Å². The summed E-state index contributed by atoms with van der Waals surface area (Å²) in [6.45, 7) is 4.28. The van der Waals surface area contributed by atoms with E-state index in [1.165, 1.54) is 0 Å². The fourth-order valence-electron chi connectivity index (χ4n) is 1.70. The van der Waals surface area contributed by atoms with Crippen LogP contribution in [-0.2, 0) is 4.79 Å². The largest absolute Gasteiger partial charge is 0.479 e. The van der Waals surface area contributed by atoms with E-state index in [4.69, 9.17) is 27.9 Å². The molecule has 1 amide bonds. The quantitative estimate of drug-likeness (QED) is 0.866. The van der Waals surface area contributed by atoms with Crippen molar-refractivity contribution in [3.8, 4) is 5.75 Å². The summed E-state index contributed by atoms with van der Waals surface area (Å²) in [5.74, 6) is 0.840. The van der Waals surface area contributed by atoms with Gasteiger partial charge in [0.05, 0.1) is 5.02 Å². The van der Waals surface area contributed by atoms with Crippen LogP contribution in [-0.4, -0.2) is 31.6 Å². The highest BCUT2D eigenvalue weighted by Gasteiger charge is 2.20. The molecule has 2 rings (SSSR count). The lowest BCUT2D eigenvalue weighted by Gasteiger charge is -2.27. The summed E-state index contributed by atoms with van der Waals surface area (Å²) in [6, 6.07) is 4.92. The zero-order chi connectivity index (χ0) is 13.8. The maximum absolute atomic E-state index is 11.8. The zero-order valence-corrected chi connectivity index (χ0v) is 13.3. The smallest absolute Gasteiger partial charge is 0.260 e. The number of hydrogen-bond donors (Lipinski definition) is 2. The van der Waals surface area contributed by atoms with Gasteiger partial charge in [0.25, 0.3) is 5.91 Å². The third-order valence-corrected chi connectivity index (χ3v) is 3.53. The van der Waals surface area contributed by atoms with E-state index in [2.05, 4.69) is 10.6 Å². The SMILES string of the molecule is CC(Oc1ccc(Cl)cc1Cl)C(=O)NCC1CNC1.Cl. The predicted octanol–water partition coefficient (Wildman–Crippen LogP) is 2.52. The lowest BCUT2D eigenvalue weighted by atomic mass is 10.0. The maximum atomic E-state index is 11.8. The molecule has 112 valence electrons. The number of carbonyl (C=O) groups excluding carboxylic acids is 1. The van der Waals surface area contributed by atoms with Gasteiger partial charge in [-0.3, -0.25) is 4.79 Å². The van der Waals surface area contributed by atoms with E-state index >= 15 is 0 Å². The van der Waals surface area contributed by atoms with E-state index in [1.54, 1.807) is 25.1 Å². The summed E-state index contributed by atoms with van der Waals surface area (Å²) in [5.41, 5.74) is 0.